The van der Waals surface area contributed by atoms with Crippen LogP contribution in [0, 0.1) is 0 Å². The van der Waals surface area contributed by atoms with Crippen molar-refractivity contribution in [2.75, 3.05) is 26.8 Å². The fourth-order valence-electron chi connectivity index (χ4n) is 4.19. The summed E-state index contributed by atoms with van der Waals surface area (Å²) < 4.78 is 24.6. The Hall–Kier alpha value is -3.22. The fraction of sp³-hybridized carbons (Fsp3) is 0.276. The Balaban J connectivity index is 1.86. The molecule has 0 saturated carbocycles. The number of aromatic hydroxyl groups is 1. The maximum absolute atomic E-state index is 13.5. The van der Waals surface area contributed by atoms with E-state index in [9.17, 15) is 9.67 Å². The second-order valence-electron chi connectivity index (χ2n) is 8.73. The lowest BCUT2D eigenvalue weighted by Gasteiger charge is -2.17. The molecule has 194 valence electrons. The monoisotopic (exact) mass is 519 g/mol. The van der Waals surface area contributed by atoms with E-state index in [0.717, 1.165) is 24.3 Å². The quantitative estimate of drug-likeness (QED) is 0.177. The van der Waals surface area contributed by atoms with E-state index in [1.165, 1.54) is 5.56 Å². The molecule has 1 aromatic heterocycles. The molecule has 2 N–H and O–H groups in total. The van der Waals surface area contributed by atoms with Gasteiger partial charge in [-0.3, -0.25) is 4.57 Å². The van der Waals surface area contributed by atoms with Crippen molar-refractivity contribution in [1.82, 2.24) is 9.88 Å². The molecule has 0 amide bonds. The number of rotatable bonds is 11. The molecule has 8 heteroatoms. The lowest BCUT2D eigenvalue weighted by molar-refractivity contribution is 0.230. The summed E-state index contributed by atoms with van der Waals surface area (Å²) in [7, 11) is -1.43. The minimum Gasteiger partial charge on any atom is -0.494 e. The van der Waals surface area contributed by atoms with Crippen LogP contribution in [0.3, 0.4) is 0 Å². The van der Waals surface area contributed by atoms with Crippen LogP contribution in [0.1, 0.15) is 37.5 Å². The van der Waals surface area contributed by atoms with Crippen LogP contribution in [0.4, 0.5) is 5.69 Å². The van der Waals surface area contributed by atoms with Crippen LogP contribution in [0.5, 0.6) is 5.88 Å². The second-order valence-corrected chi connectivity index (χ2v) is 10.8. The zero-order valence-electron chi connectivity index (χ0n) is 21.8. The van der Waals surface area contributed by atoms with Gasteiger partial charge in [-0.15, -0.1) is 0 Å². The van der Waals surface area contributed by atoms with Crippen LogP contribution in [-0.4, -0.2) is 47.5 Å². The van der Waals surface area contributed by atoms with Gasteiger partial charge in [-0.2, -0.15) is 0 Å². The van der Waals surface area contributed by atoms with Crippen LogP contribution in [-0.2, 0) is 20.2 Å². The van der Waals surface area contributed by atoms with Crippen molar-refractivity contribution in [3.63, 3.8) is 0 Å². The molecular formula is C29H34N3O4P. The minimum absolute atomic E-state index is 0.0152. The largest absolute Gasteiger partial charge is 0.494 e. The van der Waals surface area contributed by atoms with Crippen molar-refractivity contribution in [2.45, 2.75) is 27.3 Å². The SMILES string of the molecule is CCOP(=O)(OCC)c1ccc2[nH]c(O)c(C(=Nc3ccc(CN(C)CC)cc3)c3ccccc3)c2c1. The molecule has 0 aliphatic carbocycles. The number of H-pyrrole nitrogens is 1. The van der Waals surface area contributed by atoms with Crippen LogP contribution < -0.4 is 5.30 Å². The Morgan fingerprint density at radius 3 is 2.27 bits per heavy atom. The summed E-state index contributed by atoms with van der Waals surface area (Å²) in [5.74, 6) is -0.0152. The molecule has 0 unspecified atom stereocenters. The Bertz CT molecular complexity index is 1400. The topological polar surface area (TPSA) is 87.1 Å². The van der Waals surface area contributed by atoms with Gasteiger partial charge in [0.15, 0.2) is 5.88 Å². The highest BCUT2D eigenvalue weighted by atomic mass is 31.2. The Kier molecular flexibility index (Phi) is 8.62. The molecule has 4 aromatic rings. The number of hydrogen-bond donors (Lipinski definition) is 2. The number of aromatic amines is 1. The van der Waals surface area contributed by atoms with Gasteiger partial charge in [-0.1, -0.05) is 49.4 Å². The predicted molar refractivity (Wildman–Crippen MR) is 151 cm³/mol. The van der Waals surface area contributed by atoms with Crippen LogP contribution in [0.15, 0.2) is 77.8 Å². The van der Waals surface area contributed by atoms with Gasteiger partial charge in [-0.25, -0.2) is 4.99 Å². The van der Waals surface area contributed by atoms with Crippen molar-refractivity contribution in [3.05, 3.63) is 89.5 Å². The molecule has 0 atom stereocenters. The van der Waals surface area contributed by atoms with E-state index in [4.69, 9.17) is 14.0 Å². The Labute approximate surface area is 218 Å². The molecule has 0 aliphatic rings. The van der Waals surface area contributed by atoms with Gasteiger partial charge in [-0.05, 0) is 63.3 Å². The minimum atomic E-state index is -3.51. The van der Waals surface area contributed by atoms with E-state index in [0.29, 0.717) is 27.5 Å². The van der Waals surface area contributed by atoms with Gasteiger partial charge < -0.3 is 24.0 Å². The summed E-state index contributed by atoms with van der Waals surface area (Å²) in [5, 5.41) is 12.2. The first-order chi connectivity index (χ1) is 17.9. The van der Waals surface area contributed by atoms with E-state index in [1.54, 1.807) is 32.0 Å². The van der Waals surface area contributed by atoms with Gasteiger partial charge in [0.05, 0.1) is 35.5 Å². The van der Waals surface area contributed by atoms with Gasteiger partial charge in [0.1, 0.15) is 0 Å². The van der Waals surface area contributed by atoms with Crippen molar-refractivity contribution < 1.29 is 18.7 Å². The van der Waals surface area contributed by atoms with Crippen molar-refractivity contribution in [1.29, 1.82) is 0 Å². The first kappa shape index (κ1) is 26.8. The third-order valence-electron chi connectivity index (χ3n) is 6.13. The molecule has 7 nitrogen and oxygen atoms in total. The van der Waals surface area contributed by atoms with Crippen LogP contribution >= 0.6 is 7.60 Å². The lowest BCUT2D eigenvalue weighted by atomic mass is 10.0. The summed E-state index contributed by atoms with van der Waals surface area (Å²) in [6.45, 7) is 8.03. The molecule has 4 rings (SSSR count). The van der Waals surface area contributed by atoms with Crippen molar-refractivity contribution in [3.8, 4) is 5.88 Å². The van der Waals surface area contributed by atoms with Crippen LogP contribution in [0.2, 0.25) is 0 Å². The Morgan fingerprint density at radius 2 is 1.65 bits per heavy atom. The first-order valence-electron chi connectivity index (χ1n) is 12.5. The third kappa shape index (κ3) is 6.03. The van der Waals surface area contributed by atoms with Gasteiger partial charge in [0.2, 0.25) is 0 Å². The number of hydrogen-bond acceptors (Lipinski definition) is 6. The summed E-state index contributed by atoms with van der Waals surface area (Å²) in [5.41, 5.74) is 4.63. The molecule has 3 aromatic carbocycles. The summed E-state index contributed by atoms with van der Waals surface area (Å²) in [6.07, 6.45) is 0. The highest BCUT2D eigenvalue weighted by Gasteiger charge is 2.28. The lowest BCUT2D eigenvalue weighted by Crippen LogP contribution is -2.16. The smallest absolute Gasteiger partial charge is 0.361 e. The van der Waals surface area contributed by atoms with E-state index in [1.807, 2.05) is 42.5 Å². The third-order valence-corrected chi connectivity index (χ3v) is 8.24. The molecule has 37 heavy (non-hydrogen) atoms. The van der Waals surface area contributed by atoms with Gasteiger partial charge in [0, 0.05) is 23.0 Å². The molecular weight excluding hydrogens is 485 g/mol. The summed E-state index contributed by atoms with van der Waals surface area (Å²) in [6, 6.07) is 23.1. The second kappa shape index (κ2) is 11.9. The van der Waals surface area contributed by atoms with Crippen molar-refractivity contribution in [2.24, 2.45) is 4.99 Å². The number of nitrogens with zero attached hydrogens (tertiary/aromatic N) is 2. The number of benzene rings is 3. The molecule has 0 fully saturated rings. The van der Waals surface area contributed by atoms with E-state index >= 15 is 0 Å². The van der Waals surface area contributed by atoms with Crippen molar-refractivity contribution >= 4 is 35.2 Å². The van der Waals surface area contributed by atoms with Crippen LogP contribution in [0.25, 0.3) is 10.9 Å². The zero-order chi connectivity index (χ0) is 26.4. The van der Waals surface area contributed by atoms with Gasteiger partial charge in [0.25, 0.3) is 0 Å². The molecule has 0 spiro atoms. The standard InChI is InChI=1S/C29H34N3O4P/c1-5-32(4)20-21-13-15-23(16-14-21)30-28(22-11-9-8-10-12-22)27-25-19-24(17-18-26(25)31-29(27)33)37(34,35-6-2)36-7-3/h8-19,31,33H,5-7,20H2,1-4H3. The average Bonchev–Trinajstić information content (AvgIpc) is 3.23. The van der Waals surface area contributed by atoms with E-state index in [2.05, 4.69) is 36.0 Å². The summed E-state index contributed by atoms with van der Waals surface area (Å²) in [4.78, 5) is 10.3. The van der Waals surface area contributed by atoms with Gasteiger partial charge >= 0.3 is 7.60 Å². The molecule has 0 aliphatic heterocycles. The first-order valence-corrected chi connectivity index (χ1v) is 14.1. The highest BCUT2D eigenvalue weighted by molar-refractivity contribution is 7.62. The summed E-state index contributed by atoms with van der Waals surface area (Å²) >= 11 is 0. The average molecular weight is 520 g/mol. The fourth-order valence-corrected chi connectivity index (χ4v) is 5.79. The highest BCUT2D eigenvalue weighted by Crippen LogP contribution is 2.47. The number of aliphatic imine (C=N–C) groups is 1. The number of nitrogens with one attached hydrogen (secondary N) is 1. The Morgan fingerprint density at radius 1 is 0.973 bits per heavy atom. The maximum atomic E-state index is 13.5. The maximum Gasteiger partial charge on any atom is 0.361 e. The zero-order valence-corrected chi connectivity index (χ0v) is 22.7. The number of fused-ring (bicyclic) bond motifs is 1. The predicted octanol–water partition coefficient (Wildman–Crippen LogP) is 6.39. The molecule has 0 radical (unpaired) electrons. The van der Waals surface area contributed by atoms with E-state index in [-0.39, 0.29) is 19.1 Å². The molecule has 0 saturated heterocycles. The number of aromatic nitrogens is 1. The molecule has 1 heterocycles. The molecule has 0 bridgehead atoms. The van der Waals surface area contributed by atoms with E-state index < -0.39 is 7.60 Å². The normalized spacial score (nSPS) is 12.5.